The topological polar surface area (TPSA) is 78.4 Å². The van der Waals surface area contributed by atoms with Crippen LogP contribution in [-0.2, 0) is 4.79 Å². The number of hydrogen-bond donors (Lipinski definition) is 3. The first-order valence-electron chi connectivity index (χ1n) is 6.82. The molecular weight excluding hydrogens is 232 g/mol. The molecule has 0 radical (unpaired) electrons. The molecular formula is C13H26N2O3. The molecule has 0 aromatic rings. The van der Waals surface area contributed by atoms with Crippen molar-refractivity contribution in [2.45, 2.75) is 64.8 Å². The maximum Gasteiger partial charge on any atom is 0.314 e. The van der Waals surface area contributed by atoms with E-state index < -0.39 is 5.97 Å². The molecule has 1 atom stereocenters. The molecule has 0 aromatic heterocycles. The molecule has 1 unspecified atom stereocenters. The Balaban J connectivity index is 3.46. The van der Waals surface area contributed by atoms with Crippen molar-refractivity contribution >= 4 is 12.0 Å². The summed E-state index contributed by atoms with van der Waals surface area (Å²) < 4.78 is 0. The molecule has 5 heteroatoms. The summed E-state index contributed by atoms with van der Waals surface area (Å²) in [6, 6.07) is -0.144. The van der Waals surface area contributed by atoms with Crippen molar-refractivity contribution in [1.29, 1.82) is 0 Å². The average Bonchev–Trinajstić information content (AvgIpc) is 2.28. The second kappa shape index (κ2) is 10.9. The molecule has 0 saturated heterocycles. The van der Waals surface area contributed by atoms with E-state index >= 15 is 0 Å². The highest BCUT2D eigenvalue weighted by Crippen LogP contribution is 2.00. The summed E-state index contributed by atoms with van der Waals surface area (Å²) in [5.41, 5.74) is 0. The zero-order chi connectivity index (χ0) is 13.8. The third kappa shape index (κ3) is 11.2. The number of rotatable bonds is 10. The minimum absolute atomic E-state index is 0.0139. The molecule has 5 nitrogen and oxygen atoms in total. The van der Waals surface area contributed by atoms with Crippen LogP contribution in [0.1, 0.15) is 58.8 Å². The van der Waals surface area contributed by atoms with Gasteiger partial charge in [0.15, 0.2) is 0 Å². The van der Waals surface area contributed by atoms with Gasteiger partial charge in [-0.3, -0.25) is 4.79 Å². The van der Waals surface area contributed by atoms with E-state index in [0.717, 1.165) is 12.8 Å². The van der Waals surface area contributed by atoms with Crippen molar-refractivity contribution in [2.24, 2.45) is 0 Å². The standard InChI is InChI=1S/C13H26N2O3/c1-3-4-5-6-10-14-13(18)15-11(2)8-7-9-12(16)17/h11H,3-10H2,1-2H3,(H,16,17)(H2,14,15,18). The van der Waals surface area contributed by atoms with E-state index in [-0.39, 0.29) is 18.5 Å². The van der Waals surface area contributed by atoms with Gasteiger partial charge in [-0.05, 0) is 26.2 Å². The van der Waals surface area contributed by atoms with Crippen LogP contribution in [0.5, 0.6) is 0 Å². The zero-order valence-corrected chi connectivity index (χ0v) is 11.5. The smallest absolute Gasteiger partial charge is 0.314 e. The Morgan fingerprint density at radius 2 is 1.89 bits per heavy atom. The second-order valence-electron chi connectivity index (χ2n) is 4.65. The lowest BCUT2D eigenvalue weighted by Gasteiger charge is -2.14. The number of carbonyl (C=O) groups excluding carboxylic acids is 1. The average molecular weight is 258 g/mol. The van der Waals surface area contributed by atoms with Crippen LogP contribution in [0.25, 0.3) is 0 Å². The van der Waals surface area contributed by atoms with Gasteiger partial charge in [-0.25, -0.2) is 4.79 Å². The summed E-state index contributed by atoms with van der Waals surface area (Å²) in [6.07, 6.45) is 5.98. The zero-order valence-electron chi connectivity index (χ0n) is 11.5. The van der Waals surface area contributed by atoms with Crippen LogP contribution in [0, 0.1) is 0 Å². The van der Waals surface area contributed by atoms with Crippen LogP contribution in [0.4, 0.5) is 4.79 Å². The summed E-state index contributed by atoms with van der Waals surface area (Å²) in [5.74, 6) is -0.789. The van der Waals surface area contributed by atoms with Gasteiger partial charge in [0, 0.05) is 19.0 Å². The van der Waals surface area contributed by atoms with Crippen molar-refractivity contribution < 1.29 is 14.7 Å². The summed E-state index contributed by atoms with van der Waals surface area (Å²) in [4.78, 5) is 21.8. The molecule has 0 aliphatic carbocycles. The molecule has 106 valence electrons. The third-order valence-corrected chi connectivity index (χ3v) is 2.72. The summed E-state index contributed by atoms with van der Waals surface area (Å²) in [6.45, 7) is 4.74. The molecule has 0 heterocycles. The van der Waals surface area contributed by atoms with E-state index in [9.17, 15) is 9.59 Å². The van der Waals surface area contributed by atoms with E-state index in [0.29, 0.717) is 19.4 Å². The third-order valence-electron chi connectivity index (χ3n) is 2.72. The quantitative estimate of drug-likeness (QED) is 0.527. The van der Waals surface area contributed by atoms with Gasteiger partial charge in [0.1, 0.15) is 0 Å². The van der Waals surface area contributed by atoms with Gasteiger partial charge in [0.2, 0.25) is 0 Å². The fraction of sp³-hybridized carbons (Fsp3) is 0.846. The molecule has 2 amide bonds. The van der Waals surface area contributed by atoms with Gasteiger partial charge < -0.3 is 15.7 Å². The van der Waals surface area contributed by atoms with E-state index in [4.69, 9.17) is 5.11 Å². The van der Waals surface area contributed by atoms with Crippen LogP contribution in [-0.4, -0.2) is 29.7 Å². The highest BCUT2D eigenvalue weighted by Gasteiger charge is 2.07. The summed E-state index contributed by atoms with van der Waals surface area (Å²) >= 11 is 0. The van der Waals surface area contributed by atoms with Gasteiger partial charge in [-0.15, -0.1) is 0 Å². The van der Waals surface area contributed by atoms with Gasteiger partial charge in [-0.2, -0.15) is 0 Å². The molecule has 18 heavy (non-hydrogen) atoms. The Morgan fingerprint density at radius 1 is 1.17 bits per heavy atom. The number of amides is 2. The number of hydrogen-bond acceptors (Lipinski definition) is 2. The lowest BCUT2D eigenvalue weighted by Crippen LogP contribution is -2.41. The van der Waals surface area contributed by atoms with E-state index in [1.807, 2.05) is 6.92 Å². The largest absolute Gasteiger partial charge is 0.481 e. The number of unbranched alkanes of at least 4 members (excludes halogenated alkanes) is 3. The van der Waals surface area contributed by atoms with Crippen molar-refractivity contribution in [2.75, 3.05) is 6.54 Å². The Kier molecular flexibility index (Phi) is 10.1. The van der Waals surface area contributed by atoms with Crippen LogP contribution in [0.3, 0.4) is 0 Å². The van der Waals surface area contributed by atoms with Crippen LogP contribution < -0.4 is 10.6 Å². The Labute approximate surface area is 109 Å². The molecule has 0 rings (SSSR count). The summed E-state index contributed by atoms with van der Waals surface area (Å²) in [7, 11) is 0. The fourth-order valence-corrected chi connectivity index (χ4v) is 1.66. The molecule has 0 aromatic carbocycles. The first-order valence-corrected chi connectivity index (χ1v) is 6.82. The minimum Gasteiger partial charge on any atom is -0.481 e. The number of carboxylic acid groups (broad SMARTS) is 1. The first-order chi connectivity index (χ1) is 8.56. The lowest BCUT2D eigenvalue weighted by molar-refractivity contribution is -0.137. The van der Waals surface area contributed by atoms with E-state index in [1.54, 1.807) is 0 Å². The number of urea groups is 1. The SMILES string of the molecule is CCCCCCNC(=O)NC(C)CCCC(=O)O. The van der Waals surface area contributed by atoms with E-state index in [1.165, 1.54) is 12.8 Å². The second-order valence-corrected chi connectivity index (χ2v) is 4.65. The number of carbonyl (C=O) groups is 2. The Bertz CT molecular complexity index is 244. The summed E-state index contributed by atoms with van der Waals surface area (Å²) in [5, 5.41) is 14.1. The maximum atomic E-state index is 11.4. The van der Waals surface area contributed by atoms with Crippen LogP contribution >= 0.6 is 0 Å². The normalized spacial score (nSPS) is 11.9. The van der Waals surface area contributed by atoms with Crippen LogP contribution in [0.2, 0.25) is 0 Å². The number of aliphatic carboxylic acids is 1. The van der Waals surface area contributed by atoms with Gasteiger partial charge in [0.05, 0.1) is 0 Å². The molecule has 3 N–H and O–H groups in total. The molecule has 0 bridgehead atoms. The van der Waals surface area contributed by atoms with Crippen molar-refractivity contribution in [3.63, 3.8) is 0 Å². The molecule has 0 aliphatic rings. The predicted molar refractivity (Wildman–Crippen MR) is 71.6 cm³/mol. The molecule has 0 fully saturated rings. The fourth-order valence-electron chi connectivity index (χ4n) is 1.66. The highest BCUT2D eigenvalue weighted by atomic mass is 16.4. The maximum absolute atomic E-state index is 11.4. The molecule has 0 spiro atoms. The lowest BCUT2D eigenvalue weighted by atomic mass is 10.1. The van der Waals surface area contributed by atoms with Crippen LogP contribution in [0.15, 0.2) is 0 Å². The number of carboxylic acids is 1. The van der Waals surface area contributed by atoms with Gasteiger partial charge >= 0.3 is 12.0 Å². The van der Waals surface area contributed by atoms with Gasteiger partial charge in [-0.1, -0.05) is 26.2 Å². The van der Waals surface area contributed by atoms with Crippen molar-refractivity contribution in [3.05, 3.63) is 0 Å². The molecule has 0 aliphatic heterocycles. The Morgan fingerprint density at radius 3 is 2.50 bits per heavy atom. The first kappa shape index (κ1) is 16.7. The molecule has 0 saturated carbocycles. The minimum atomic E-state index is -0.789. The predicted octanol–water partition coefficient (Wildman–Crippen LogP) is 2.51. The van der Waals surface area contributed by atoms with Crippen molar-refractivity contribution in [3.8, 4) is 0 Å². The monoisotopic (exact) mass is 258 g/mol. The number of nitrogens with one attached hydrogen (secondary N) is 2. The van der Waals surface area contributed by atoms with Crippen molar-refractivity contribution in [1.82, 2.24) is 10.6 Å². The van der Waals surface area contributed by atoms with E-state index in [2.05, 4.69) is 17.6 Å². The van der Waals surface area contributed by atoms with Gasteiger partial charge in [0.25, 0.3) is 0 Å². The Hall–Kier alpha value is -1.26. The highest BCUT2D eigenvalue weighted by molar-refractivity contribution is 5.74.